The van der Waals surface area contributed by atoms with Crippen LogP contribution in [0.4, 0.5) is 0 Å². The minimum absolute atomic E-state index is 0.0571. The predicted molar refractivity (Wildman–Crippen MR) is 87.3 cm³/mol. The van der Waals surface area contributed by atoms with Gasteiger partial charge in [0, 0.05) is 33.4 Å². The van der Waals surface area contributed by atoms with Crippen molar-refractivity contribution in [1.29, 1.82) is 0 Å². The van der Waals surface area contributed by atoms with E-state index in [4.69, 9.17) is 0 Å². The molecular weight excluding hydrogens is 384 g/mol. The van der Waals surface area contributed by atoms with Gasteiger partial charge in [0.15, 0.2) is 5.82 Å². The van der Waals surface area contributed by atoms with Crippen molar-refractivity contribution in [3.8, 4) is 11.5 Å². The van der Waals surface area contributed by atoms with E-state index in [-0.39, 0.29) is 5.54 Å². The van der Waals surface area contributed by atoms with E-state index in [1.807, 2.05) is 12.1 Å². The molecule has 4 nitrogen and oxygen atoms in total. The predicted octanol–water partition coefficient (Wildman–Crippen LogP) is 3.95. The summed E-state index contributed by atoms with van der Waals surface area (Å²) in [6, 6.07) is 3.85. The Labute approximate surface area is 135 Å². The van der Waals surface area contributed by atoms with Crippen LogP contribution in [0.15, 0.2) is 33.5 Å². The number of nitrogens with one attached hydrogen (secondary N) is 1. The zero-order valence-corrected chi connectivity index (χ0v) is 14.8. The summed E-state index contributed by atoms with van der Waals surface area (Å²) in [7, 11) is 0. The van der Waals surface area contributed by atoms with Crippen LogP contribution in [0.1, 0.15) is 26.5 Å². The van der Waals surface area contributed by atoms with Crippen LogP contribution in [-0.2, 0) is 6.54 Å². The molecule has 0 aliphatic rings. The Morgan fingerprint density at radius 2 is 1.95 bits per heavy atom. The maximum atomic E-state index is 4.56. The van der Waals surface area contributed by atoms with Crippen LogP contribution in [-0.4, -0.2) is 20.5 Å². The number of halogens is 2. The molecule has 0 aliphatic heterocycles. The second-order valence-corrected chi connectivity index (χ2v) is 7.23. The minimum atomic E-state index is 0.0571. The van der Waals surface area contributed by atoms with Crippen molar-refractivity contribution in [2.45, 2.75) is 32.9 Å². The van der Waals surface area contributed by atoms with Crippen LogP contribution >= 0.6 is 31.9 Å². The van der Waals surface area contributed by atoms with Crippen molar-refractivity contribution in [3.63, 3.8) is 0 Å². The standard InChI is InChI=1S/C14H16Br2N4/c1-14(2,3)19-8-10-4-5-17-13(20-10)12-11(16)6-9(15)7-18-12/h4-7,19H,8H2,1-3H3. The highest BCUT2D eigenvalue weighted by Crippen LogP contribution is 2.26. The summed E-state index contributed by atoms with van der Waals surface area (Å²) in [5.41, 5.74) is 1.74. The first-order valence-electron chi connectivity index (χ1n) is 6.23. The van der Waals surface area contributed by atoms with Gasteiger partial charge in [-0.2, -0.15) is 0 Å². The molecule has 0 amide bonds. The third-order valence-electron chi connectivity index (χ3n) is 2.53. The van der Waals surface area contributed by atoms with Gasteiger partial charge in [0.25, 0.3) is 0 Å². The Hall–Kier alpha value is -0.850. The molecule has 0 radical (unpaired) electrons. The fourth-order valence-corrected chi connectivity index (χ4v) is 2.71. The van der Waals surface area contributed by atoms with E-state index in [1.165, 1.54) is 0 Å². The van der Waals surface area contributed by atoms with Crippen molar-refractivity contribution in [2.24, 2.45) is 0 Å². The van der Waals surface area contributed by atoms with Crippen LogP contribution in [0.3, 0.4) is 0 Å². The summed E-state index contributed by atoms with van der Waals surface area (Å²) >= 11 is 6.88. The fourth-order valence-electron chi connectivity index (χ4n) is 1.54. The van der Waals surface area contributed by atoms with Gasteiger partial charge < -0.3 is 5.32 Å². The molecule has 106 valence electrons. The van der Waals surface area contributed by atoms with Gasteiger partial charge in [-0.25, -0.2) is 9.97 Å². The Bertz CT molecular complexity index is 608. The number of aromatic nitrogens is 3. The maximum absolute atomic E-state index is 4.56. The molecule has 0 fully saturated rings. The first-order chi connectivity index (χ1) is 9.35. The molecule has 1 N–H and O–H groups in total. The lowest BCUT2D eigenvalue weighted by molar-refractivity contribution is 0.421. The van der Waals surface area contributed by atoms with Gasteiger partial charge in [0.05, 0.1) is 5.69 Å². The first kappa shape index (κ1) is 15.5. The lowest BCUT2D eigenvalue weighted by Gasteiger charge is -2.20. The smallest absolute Gasteiger partial charge is 0.179 e. The Morgan fingerprint density at radius 3 is 2.60 bits per heavy atom. The van der Waals surface area contributed by atoms with Crippen LogP contribution in [0.25, 0.3) is 11.5 Å². The van der Waals surface area contributed by atoms with Crippen LogP contribution in [0.2, 0.25) is 0 Å². The number of hydrogen-bond acceptors (Lipinski definition) is 4. The van der Waals surface area contributed by atoms with Crippen molar-refractivity contribution in [2.75, 3.05) is 0 Å². The summed E-state index contributed by atoms with van der Waals surface area (Å²) in [6.45, 7) is 7.08. The van der Waals surface area contributed by atoms with Gasteiger partial charge in [0.2, 0.25) is 0 Å². The topological polar surface area (TPSA) is 50.7 Å². The molecule has 2 aromatic heterocycles. The summed E-state index contributed by atoms with van der Waals surface area (Å²) < 4.78 is 1.78. The van der Waals surface area contributed by atoms with E-state index in [1.54, 1.807) is 12.4 Å². The molecule has 2 heterocycles. The Balaban J connectivity index is 2.25. The van der Waals surface area contributed by atoms with E-state index in [0.717, 1.165) is 20.3 Å². The molecule has 0 bridgehead atoms. The number of hydrogen-bond donors (Lipinski definition) is 1. The Kier molecular flexibility index (Phi) is 4.88. The zero-order valence-electron chi connectivity index (χ0n) is 11.6. The number of rotatable bonds is 3. The molecule has 0 unspecified atom stereocenters. The summed E-state index contributed by atoms with van der Waals surface area (Å²) in [5, 5.41) is 3.41. The first-order valence-corrected chi connectivity index (χ1v) is 7.82. The van der Waals surface area contributed by atoms with Gasteiger partial charge >= 0.3 is 0 Å². The second kappa shape index (κ2) is 6.28. The lowest BCUT2D eigenvalue weighted by atomic mass is 10.1. The highest BCUT2D eigenvalue weighted by molar-refractivity contribution is 9.11. The van der Waals surface area contributed by atoms with Crippen LogP contribution < -0.4 is 5.32 Å². The van der Waals surface area contributed by atoms with E-state index >= 15 is 0 Å². The second-order valence-electron chi connectivity index (χ2n) is 5.46. The van der Waals surface area contributed by atoms with Gasteiger partial charge in [-0.1, -0.05) is 0 Å². The monoisotopic (exact) mass is 398 g/mol. The van der Waals surface area contributed by atoms with Crippen molar-refractivity contribution < 1.29 is 0 Å². The molecule has 2 rings (SSSR count). The molecular formula is C14H16Br2N4. The third kappa shape index (κ3) is 4.33. The van der Waals surface area contributed by atoms with Crippen LogP contribution in [0, 0.1) is 0 Å². The summed E-state index contributed by atoms with van der Waals surface area (Å²) in [6.07, 6.45) is 3.50. The zero-order chi connectivity index (χ0) is 14.8. The van der Waals surface area contributed by atoms with E-state index in [0.29, 0.717) is 12.4 Å². The number of nitrogens with zero attached hydrogens (tertiary/aromatic N) is 3. The molecule has 2 aromatic rings. The lowest BCUT2D eigenvalue weighted by Crippen LogP contribution is -2.35. The fraction of sp³-hybridized carbons (Fsp3) is 0.357. The van der Waals surface area contributed by atoms with E-state index in [2.05, 4.69) is 72.9 Å². The molecule has 0 aromatic carbocycles. The number of pyridine rings is 1. The van der Waals surface area contributed by atoms with Gasteiger partial charge in [-0.05, 0) is 64.8 Å². The Morgan fingerprint density at radius 1 is 1.20 bits per heavy atom. The average Bonchev–Trinajstić information content (AvgIpc) is 2.36. The highest BCUT2D eigenvalue weighted by atomic mass is 79.9. The summed E-state index contributed by atoms with van der Waals surface area (Å²) in [4.78, 5) is 13.2. The molecule has 6 heteroatoms. The van der Waals surface area contributed by atoms with Crippen molar-refractivity contribution in [3.05, 3.63) is 39.2 Å². The minimum Gasteiger partial charge on any atom is -0.306 e. The molecule has 0 aliphatic carbocycles. The van der Waals surface area contributed by atoms with E-state index < -0.39 is 0 Å². The largest absolute Gasteiger partial charge is 0.306 e. The summed E-state index contributed by atoms with van der Waals surface area (Å²) in [5.74, 6) is 0.623. The molecule has 0 saturated carbocycles. The van der Waals surface area contributed by atoms with Crippen molar-refractivity contribution >= 4 is 31.9 Å². The van der Waals surface area contributed by atoms with E-state index in [9.17, 15) is 0 Å². The molecule has 20 heavy (non-hydrogen) atoms. The normalized spacial score (nSPS) is 11.7. The molecule has 0 atom stereocenters. The maximum Gasteiger partial charge on any atom is 0.179 e. The van der Waals surface area contributed by atoms with Crippen LogP contribution in [0.5, 0.6) is 0 Å². The highest BCUT2D eigenvalue weighted by Gasteiger charge is 2.12. The van der Waals surface area contributed by atoms with Gasteiger partial charge in [0.1, 0.15) is 5.69 Å². The molecule has 0 spiro atoms. The average molecular weight is 400 g/mol. The SMILES string of the molecule is CC(C)(C)NCc1ccnc(-c2ncc(Br)cc2Br)n1. The quantitative estimate of drug-likeness (QED) is 0.848. The molecule has 0 saturated heterocycles. The van der Waals surface area contributed by atoms with Gasteiger partial charge in [-0.3, -0.25) is 4.98 Å². The van der Waals surface area contributed by atoms with Crippen molar-refractivity contribution in [1.82, 2.24) is 20.3 Å². The third-order valence-corrected chi connectivity index (χ3v) is 3.57. The van der Waals surface area contributed by atoms with Gasteiger partial charge in [-0.15, -0.1) is 0 Å².